The molecule has 10 heavy (non-hydrogen) atoms. The van der Waals surface area contributed by atoms with Crippen LogP contribution in [0.5, 0.6) is 11.5 Å². The fourth-order valence-electron chi connectivity index (χ4n) is 0.619. The predicted octanol–water partition coefficient (Wildman–Crippen LogP) is -2.23. The molecule has 0 atom stereocenters. The molecule has 0 aliphatic carbocycles. The fourth-order valence-corrected chi connectivity index (χ4v) is 0.619. The number of hydrogen-bond acceptors (Lipinski definition) is 2. The maximum atomic E-state index is 10.7. The fraction of sp³-hybridized carbons (Fsp3) is 0.143. The molecule has 0 radical (unpaired) electrons. The Kier molecular flexibility index (Phi) is 4.52. The molecule has 0 amide bonds. The molecular weight excluding hydrogens is 139 g/mol. The minimum atomic E-state index is -0.0694. The van der Waals surface area contributed by atoms with Crippen molar-refractivity contribution in [2.24, 2.45) is 0 Å². The Morgan fingerprint density at radius 3 is 2.30 bits per heavy atom. The van der Waals surface area contributed by atoms with Crippen LogP contribution in [0.2, 0.25) is 0 Å². The van der Waals surface area contributed by atoms with Crippen LogP contribution >= 0.6 is 0 Å². The molecule has 3 heteroatoms. The molecule has 0 unspecified atom stereocenters. The van der Waals surface area contributed by atoms with Gasteiger partial charge in [-0.15, -0.1) is 0 Å². The van der Waals surface area contributed by atoms with Gasteiger partial charge >= 0.3 is 29.6 Å². The Bertz CT molecular complexity index is 201. The van der Waals surface area contributed by atoms with Gasteiger partial charge in [0.2, 0.25) is 0 Å². The van der Waals surface area contributed by atoms with Crippen molar-refractivity contribution in [1.29, 1.82) is 0 Å². The van der Waals surface area contributed by atoms with Crippen molar-refractivity contribution in [3.63, 3.8) is 0 Å². The first-order chi connectivity index (χ1) is 4.34. The largest absolute Gasteiger partial charge is 1.00 e. The summed E-state index contributed by atoms with van der Waals surface area (Å²) in [5.41, 5.74) is 0. The first kappa shape index (κ1) is 9.82. The van der Waals surface area contributed by atoms with E-state index in [-0.39, 0.29) is 35.3 Å². The summed E-state index contributed by atoms with van der Waals surface area (Å²) in [6.07, 6.45) is 0. The summed E-state index contributed by atoms with van der Waals surface area (Å²) in [7, 11) is 1.48. The van der Waals surface area contributed by atoms with E-state index >= 15 is 0 Å². The van der Waals surface area contributed by atoms with Crippen molar-refractivity contribution in [2.45, 2.75) is 0 Å². The maximum Gasteiger partial charge on any atom is 1.00 e. The van der Waals surface area contributed by atoms with Crippen LogP contribution in [0.25, 0.3) is 0 Å². The number of methoxy groups -OCH3 is 1. The van der Waals surface area contributed by atoms with Crippen LogP contribution in [0.4, 0.5) is 0 Å². The average molecular weight is 146 g/mol. The molecule has 48 valence electrons. The topological polar surface area (TPSA) is 32.3 Å². The third kappa shape index (κ3) is 2.21. The third-order valence-electron chi connectivity index (χ3n) is 1.07. The van der Waals surface area contributed by atoms with Gasteiger partial charge in [-0.1, -0.05) is 23.9 Å². The number of rotatable bonds is 1. The number of hydrogen-bond donors (Lipinski definition) is 0. The standard InChI is InChI=1S/C7H8O2.Na/c1-9-7-5-3-2-4-6(7)8;/h2-5,8H,1H3;/q;+1/p-1. The summed E-state index contributed by atoms with van der Waals surface area (Å²) >= 11 is 0. The molecule has 0 fully saturated rings. The van der Waals surface area contributed by atoms with E-state index in [1.54, 1.807) is 18.2 Å². The zero-order valence-corrected chi connectivity index (χ0v) is 8.13. The molecule has 0 heterocycles. The molecule has 0 aromatic heterocycles. The van der Waals surface area contributed by atoms with Gasteiger partial charge in [0.25, 0.3) is 0 Å². The van der Waals surface area contributed by atoms with Crippen molar-refractivity contribution in [1.82, 2.24) is 0 Å². The number of ether oxygens (including phenoxy) is 1. The van der Waals surface area contributed by atoms with Gasteiger partial charge in [0.05, 0.1) is 7.11 Å². The van der Waals surface area contributed by atoms with Crippen molar-refractivity contribution >= 4 is 0 Å². The van der Waals surface area contributed by atoms with Crippen LogP contribution in [0.15, 0.2) is 24.3 Å². The van der Waals surface area contributed by atoms with E-state index in [0.717, 1.165) is 0 Å². The van der Waals surface area contributed by atoms with Crippen molar-refractivity contribution < 1.29 is 39.4 Å². The van der Waals surface area contributed by atoms with E-state index in [9.17, 15) is 5.11 Å². The van der Waals surface area contributed by atoms with Gasteiger partial charge in [0.15, 0.2) is 0 Å². The van der Waals surface area contributed by atoms with Gasteiger partial charge < -0.3 is 9.84 Å². The van der Waals surface area contributed by atoms with Gasteiger partial charge in [0.1, 0.15) is 5.75 Å². The van der Waals surface area contributed by atoms with E-state index in [4.69, 9.17) is 4.74 Å². The molecule has 0 N–H and O–H groups in total. The molecule has 0 aliphatic rings. The molecule has 1 rings (SSSR count). The molecular formula is C7H7NaO2. The van der Waals surface area contributed by atoms with Crippen LogP contribution in [0.1, 0.15) is 0 Å². The van der Waals surface area contributed by atoms with Crippen LogP contribution in [-0.4, -0.2) is 7.11 Å². The minimum Gasteiger partial charge on any atom is -0.870 e. The second kappa shape index (κ2) is 4.61. The van der Waals surface area contributed by atoms with Gasteiger partial charge in [-0.05, 0) is 6.07 Å². The summed E-state index contributed by atoms with van der Waals surface area (Å²) in [5.74, 6) is 0.331. The molecule has 0 aliphatic heterocycles. The first-order valence-electron chi connectivity index (χ1n) is 2.64. The monoisotopic (exact) mass is 146 g/mol. The van der Waals surface area contributed by atoms with E-state index in [1.807, 2.05) is 0 Å². The molecule has 0 spiro atoms. The van der Waals surface area contributed by atoms with Crippen molar-refractivity contribution in [3.8, 4) is 11.5 Å². The van der Waals surface area contributed by atoms with E-state index in [1.165, 1.54) is 13.2 Å². The van der Waals surface area contributed by atoms with E-state index < -0.39 is 0 Å². The molecule has 0 bridgehead atoms. The zero-order valence-electron chi connectivity index (χ0n) is 6.13. The van der Waals surface area contributed by atoms with Crippen LogP contribution in [0, 0.1) is 0 Å². The molecule has 1 aromatic rings. The Labute approximate surface area is 82.1 Å². The van der Waals surface area contributed by atoms with Crippen LogP contribution < -0.4 is 39.4 Å². The zero-order chi connectivity index (χ0) is 6.69. The minimum absolute atomic E-state index is 0. The average Bonchev–Trinajstić information content (AvgIpc) is 1.89. The van der Waals surface area contributed by atoms with E-state index in [0.29, 0.717) is 5.75 Å². The van der Waals surface area contributed by atoms with Crippen LogP contribution in [-0.2, 0) is 0 Å². The molecule has 0 saturated heterocycles. The summed E-state index contributed by atoms with van der Waals surface area (Å²) in [6, 6.07) is 6.56. The van der Waals surface area contributed by atoms with Crippen molar-refractivity contribution in [3.05, 3.63) is 24.3 Å². The first-order valence-corrected chi connectivity index (χ1v) is 2.64. The Balaban J connectivity index is 0.000000810. The van der Waals surface area contributed by atoms with Gasteiger partial charge in [-0.25, -0.2) is 0 Å². The maximum absolute atomic E-state index is 10.7. The molecule has 2 nitrogen and oxygen atoms in total. The second-order valence-corrected chi connectivity index (χ2v) is 1.65. The number of benzene rings is 1. The number of para-hydroxylation sites is 2. The summed E-state index contributed by atoms with van der Waals surface area (Å²) in [4.78, 5) is 0. The Hall–Kier alpha value is -0.180. The predicted molar refractivity (Wildman–Crippen MR) is 32.4 cm³/mol. The van der Waals surface area contributed by atoms with Crippen molar-refractivity contribution in [2.75, 3.05) is 7.11 Å². The summed E-state index contributed by atoms with van der Waals surface area (Å²) < 4.78 is 4.73. The Morgan fingerprint density at radius 1 is 1.30 bits per heavy atom. The van der Waals surface area contributed by atoms with E-state index in [2.05, 4.69) is 0 Å². The van der Waals surface area contributed by atoms with Gasteiger partial charge in [0, 0.05) is 0 Å². The molecule has 0 saturated carbocycles. The van der Waals surface area contributed by atoms with Crippen LogP contribution in [0.3, 0.4) is 0 Å². The normalized spacial score (nSPS) is 8.10. The smallest absolute Gasteiger partial charge is 0.870 e. The summed E-state index contributed by atoms with van der Waals surface area (Å²) in [5, 5.41) is 10.7. The second-order valence-electron chi connectivity index (χ2n) is 1.65. The third-order valence-corrected chi connectivity index (χ3v) is 1.07. The Morgan fingerprint density at radius 2 is 1.90 bits per heavy atom. The summed E-state index contributed by atoms with van der Waals surface area (Å²) in [6.45, 7) is 0. The molecule has 1 aromatic carbocycles. The quantitative estimate of drug-likeness (QED) is 0.420. The SMILES string of the molecule is COc1ccccc1[O-].[Na+]. The van der Waals surface area contributed by atoms with Gasteiger partial charge in [-0.3, -0.25) is 0 Å². The van der Waals surface area contributed by atoms with Gasteiger partial charge in [-0.2, -0.15) is 0 Å².